The van der Waals surface area contributed by atoms with Gasteiger partial charge in [0.1, 0.15) is 23.7 Å². The molecule has 3 N–H and O–H groups in total. The molecule has 210 valence electrons. The van der Waals surface area contributed by atoms with Crippen molar-refractivity contribution >= 4 is 22.8 Å². The molecule has 0 aliphatic carbocycles. The van der Waals surface area contributed by atoms with Crippen LogP contribution < -0.4 is 15.8 Å². The number of ether oxygens (including phenoxy) is 2. The van der Waals surface area contributed by atoms with E-state index >= 15 is 0 Å². The van der Waals surface area contributed by atoms with Gasteiger partial charge in [0.05, 0.1) is 31.7 Å². The van der Waals surface area contributed by atoms with Gasteiger partial charge in [-0.25, -0.2) is 0 Å². The largest absolute Gasteiger partial charge is 0.489 e. The number of carbonyl (C=O) groups is 2. The highest BCUT2D eigenvalue weighted by molar-refractivity contribution is 5.95. The van der Waals surface area contributed by atoms with E-state index in [4.69, 9.17) is 24.9 Å². The van der Waals surface area contributed by atoms with Gasteiger partial charge in [0.15, 0.2) is 0 Å². The van der Waals surface area contributed by atoms with Crippen molar-refractivity contribution in [2.24, 2.45) is 5.73 Å². The summed E-state index contributed by atoms with van der Waals surface area (Å²) in [5.74, 6) is 0.534. The standard InChI is InChI=1S/C34H29N3O5/c1-40-32(38)17-26-8-2-3-11-31(26)41-21-24-14-28-16-29(20-37-34(39)27-10-5-7-23(13-27)19-36)42-33(28)30(15-24)25-9-4-6-22(12-25)18-35/h2-16H,17-18,20-21,35H2,1H3,(H,37,39). The van der Waals surface area contributed by atoms with Crippen LogP contribution in [0.25, 0.3) is 22.1 Å². The number of esters is 1. The summed E-state index contributed by atoms with van der Waals surface area (Å²) in [4.78, 5) is 24.6. The lowest BCUT2D eigenvalue weighted by molar-refractivity contribution is -0.139. The average molecular weight is 560 g/mol. The molecule has 0 fully saturated rings. The van der Waals surface area contributed by atoms with Gasteiger partial charge in [0, 0.05) is 28.6 Å². The molecule has 0 saturated heterocycles. The number of para-hydroxylation sites is 1. The predicted molar refractivity (Wildman–Crippen MR) is 158 cm³/mol. The van der Waals surface area contributed by atoms with Gasteiger partial charge < -0.3 is 24.9 Å². The van der Waals surface area contributed by atoms with Gasteiger partial charge >= 0.3 is 5.97 Å². The number of rotatable bonds is 10. The molecule has 42 heavy (non-hydrogen) atoms. The van der Waals surface area contributed by atoms with E-state index in [1.807, 2.05) is 72.8 Å². The fourth-order valence-corrected chi connectivity index (χ4v) is 4.70. The average Bonchev–Trinajstić information content (AvgIpc) is 3.45. The Bertz CT molecular complexity index is 1800. The third-order valence-electron chi connectivity index (χ3n) is 6.81. The first-order chi connectivity index (χ1) is 20.5. The number of nitrogens with two attached hydrogens (primary N) is 1. The zero-order valence-electron chi connectivity index (χ0n) is 23.1. The second-order valence-corrected chi connectivity index (χ2v) is 9.70. The number of furan rings is 1. The van der Waals surface area contributed by atoms with E-state index in [2.05, 4.69) is 5.32 Å². The van der Waals surface area contributed by atoms with Crippen LogP contribution in [0.4, 0.5) is 0 Å². The number of fused-ring (bicyclic) bond motifs is 1. The number of benzene rings is 4. The lowest BCUT2D eigenvalue weighted by Crippen LogP contribution is -2.22. The molecular weight excluding hydrogens is 530 g/mol. The highest BCUT2D eigenvalue weighted by Crippen LogP contribution is 2.34. The summed E-state index contributed by atoms with van der Waals surface area (Å²) in [6.07, 6.45) is 0.112. The van der Waals surface area contributed by atoms with Crippen molar-refractivity contribution in [1.82, 2.24) is 5.32 Å². The molecule has 5 rings (SSSR count). The molecule has 1 amide bonds. The third-order valence-corrected chi connectivity index (χ3v) is 6.81. The van der Waals surface area contributed by atoms with Gasteiger partial charge in [0.2, 0.25) is 0 Å². The van der Waals surface area contributed by atoms with Crippen molar-refractivity contribution in [3.8, 4) is 22.9 Å². The van der Waals surface area contributed by atoms with Crippen LogP contribution in [-0.4, -0.2) is 19.0 Å². The van der Waals surface area contributed by atoms with Gasteiger partial charge in [0.25, 0.3) is 5.91 Å². The normalized spacial score (nSPS) is 10.7. The van der Waals surface area contributed by atoms with Crippen LogP contribution in [0, 0.1) is 11.3 Å². The molecule has 8 heteroatoms. The minimum atomic E-state index is -0.342. The van der Waals surface area contributed by atoms with E-state index in [1.54, 1.807) is 24.3 Å². The number of nitriles is 1. The Morgan fingerprint density at radius 3 is 2.60 bits per heavy atom. The van der Waals surface area contributed by atoms with Crippen molar-refractivity contribution < 1.29 is 23.5 Å². The number of methoxy groups -OCH3 is 1. The summed E-state index contributed by atoms with van der Waals surface area (Å²) in [5.41, 5.74) is 11.8. The maximum Gasteiger partial charge on any atom is 0.310 e. The summed E-state index contributed by atoms with van der Waals surface area (Å²) in [5, 5.41) is 12.9. The zero-order chi connectivity index (χ0) is 29.5. The fraction of sp³-hybridized carbons (Fsp3) is 0.147. The molecule has 1 aromatic heterocycles. The van der Waals surface area contributed by atoms with Crippen LogP contribution in [0.1, 0.15) is 38.4 Å². The number of nitrogens with one attached hydrogen (secondary N) is 1. The molecule has 0 spiro atoms. The monoisotopic (exact) mass is 559 g/mol. The first-order valence-electron chi connectivity index (χ1n) is 13.4. The van der Waals surface area contributed by atoms with Crippen molar-refractivity contribution in [2.45, 2.75) is 26.1 Å². The van der Waals surface area contributed by atoms with E-state index < -0.39 is 0 Å². The maximum absolute atomic E-state index is 12.7. The molecule has 0 atom stereocenters. The summed E-state index contributed by atoms with van der Waals surface area (Å²) >= 11 is 0. The van der Waals surface area contributed by atoms with Crippen LogP contribution in [0.5, 0.6) is 5.75 Å². The number of hydrogen-bond acceptors (Lipinski definition) is 7. The molecule has 0 radical (unpaired) electrons. The summed E-state index contributed by atoms with van der Waals surface area (Å²) in [6.45, 7) is 0.822. The molecule has 4 aromatic carbocycles. The molecule has 0 bridgehead atoms. The van der Waals surface area contributed by atoms with Crippen molar-refractivity contribution in [3.63, 3.8) is 0 Å². The van der Waals surface area contributed by atoms with Crippen molar-refractivity contribution in [2.75, 3.05) is 7.11 Å². The zero-order valence-corrected chi connectivity index (χ0v) is 23.1. The van der Waals surface area contributed by atoms with Gasteiger partial charge in [-0.3, -0.25) is 9.59 Å². The van der Waals surface area contributed by atoms with Gasteiger partial charge in [-0.2, -0.15) is 5.26 Å². The fourth-order valence-electron chi connectivity index (χ4n) is 4.70. The Balaban J connectivity index is 1.44. The molecule has 0 aliphatic rings. The molecule has 0 aliphatic heterocycles. The summed E-state index contributed by atoms with van der Waals surface area (Å²) in [7, 11) is 1.36. The van der Waals surface area contributed by atoms with E-state index in [0.717, 1.165) is 33.2 Å². The maximum atomic E-state index is 12.7. The number of nitrogens with zero attached hydrogens (tertiary/aromatic N) is 1. The predicted octanol–water partition coefficient (Wildman–Crippen LogP) is 5.65. The number of carbonyl (C=O) groups excluding carboxylic acids is 2. The van der Waals surface area contributed by atoms with Gasteiger partial charge in [-0.05, 0) is 65.2 Å². The number of hydrogen-bond donors (Lipinski definition) is 2. The summed E-state index contributed by atoms with van der Waals surface area (Å²) in [6, 6.07) is 29.8. The Hall–Kier alpha value is -5.39. The van der Waals surface area contributed by atoms with Crippen molar-refractivity contribution in [3.05, 3.63) is 125 Å². The molecule has 8 nitrogen and oxygen atoms in total. The molecule has 0 unspecified atom stereocenters. The van der Waals surface area contributed by atoms with Crippen LogP contribution in [0.2, 0.25) is 0 Å². The summed E-state index contributed by atoms with van der Waals surface area (Å²) < 4.78 is 17.3. The smallest absolute Gasteiger partial charge is 0.310 e. The topological polar surface area (TPSA) is 128 Å². The molecule has 1 heterocycles. The van der Waals surface area contributed by atoms with Crippen LogP contribution in [0.15, 0.2) is 95.4 Å². The van der Waals surface area contributed by atoms with Crippen LogP contribution in [-0.2, 0) is 35.6 Å². The number of amides is 1. The lowest BCUT2D eigenvalue weighted by atomic mass is 9.99. The second kappa shape index (κ2) is 12.9. The quantitative estimate of drug-likeness (QED) is 0.212. The van der Waals surface area contributed by atoms with Crippen LogP contribution in [0.3, 0.4) is 0 Å². The Morgan fingerprint density at radius 1 is 0.952 bits per heavy atom. The van der Waals surface area contributed by atoms with Gasteiger partial charge in [-0.1, -0.05) is 42.5 Å². The van der Waals surface area contributed by atoms with E-state index in [-0.39, 0.29) is 31.4 Å². The second-order valence-electron chi connectivity index (χ2n) is 9.70. The SMILES string of the molecule is COC(=O)Cc1ccccc1OCc1cc(-c2cccc(CN)c2)c2oc(CNC(=O)c3cccc(C#N)c3)cc2c1. The van der Waals surface area contributed by atoms with E-state index in [0.29, 0.717) is 34.8 Å². The van der Waals surface area contributed by atoms with Crippen LogP contribution >= 0.6 is 0 Å². The minimum absolute atomic E-state index is 0.112. The Kier molecular flexibility index (Phi) is 8.61. The minimum Gasteiger partial charge on any atom is -0.489 e. The van der Waals surface area contributed by atoms with E-state index in [9.17, 15) is 9.59 Å². The first kappa shape index (κ1) is 28.1. The lowest BCUT2D eigenvalue weighted by Gasteiger charge is -2.12. The highest BCUT2D eigenvalue weighted by atomic mass is 16.5. The third kappa shape index (κ3) is 6.49. The van der Waals surface area contributed by atoms with Gasteiger partial charge in [-0.15, -0.1) is 0 Å². The molecule has 5 aromatic rings. The van der Waals surface area contributed by atoms with Crippen molar-refractivity contribution in [1.29, 1.82) is 5.26 Å². The molecule has 0 saturated carbocycles. The first-order valence-corrected chi connectivity index (χ1v) is 13.4. The Morgan fingerprint density at radius 2 is 1.79 bits per heavy atom. The van der Waals surface area contributed by atoms with E-state index in [1.165, 1.54) is 7.11 Å². The Labute approximate surface area is 243 Å². The molecular formula is C34H29N3O5. The highest BCUT2D eigenvalue weighted by Gasteiger charge is 2.16.